The van der Waals surface area contributed by atoms with E-state index in [1.54, 1.807) is 30.3 Å². The van der Waals surface area contributed by atoms with Crippen molar-refractivity contribution in [3.05, 3.63) is 53.6 Å². The summed E-state index contributed by atoms with van der Waals surface area (Å²) in [6.07, 6.45) is 1.18. The summed E-state index contributed by atoms with van der Waals surface area (Å²) >= 11 is 0. The molecule has 0 radical (unpaired) electrons. The van der Waals surface area contributed by atoms with Gasteiger partial charge in [-0.1, -0.05) is 18.2 Å². The van der Waals surface area contributed by atoms with Crippen LogP contribution in [0.15, 0.2) is 47.4 Å². The number of sulfone groups is 1. The standard InChI is InChI=1S/C15H17NO4S/c1-21(19,20)13-5-2-11(3-6-13)9-16-10-12-4-7-14(17)15(18)8-12/h2-8,16-18H,9-10H2,1H3. The van der Waals surface area contributed by atoms with Crippen molar-refractivity contribution in [2.24, 2.45) is 0 Å². The van der Waals surface area contributed by atoms with E-state index in [9.17, 15) is 18.6 Å². The highest BCUT2D eigenvalue weighted by molar-refractivity contribution is 7.90. The Balaban J connectivity index is 1.93. The third-order valence-corrected chi connectivity index (χ3v) is 4.18. The largest absolute Gasteiger partial charge is 0.504 e. The number of phenols is 2. The summed E-state index contributed by atoms with van der Waals surface area (Å²) in [5.41, 5.74) is 1.81. The Labute approximate surface area is 123 Å². The highest BCUT2D eigenvalue weighted by Gasteiger charge is 2.06. The van der Waals surface area contributed by atoms with E-state index in [0.29, 0.717) is 18.0 Å². The number of nitrogens with one attached hydrogen (secondary N) is 1. The van der Waals surface area contributed by atoms with Crippen molar-refractivity contribution in [3.8, 4) is 11.5 Å². The monoisotopic (exact) mass is 307 g/mol. The van der Waals surface area contributed by atoms with E-state index in [4.69, 9.17) is 0 Å². The average Bonchev–Trinajstić information content (AvgIpc) is 2.42. The fourth-order valence-corrected chi connectivity index (χ4v) is 2.52. The number of benzene rings is 2. The van der Waals surface area contributed by atoms with Gasteiger partial charge in [-0.25, -0.2) is 8.42 Å². The zero-order valence-corrected chi connectivity index (χ0v) is 12.4. The Morgan fingerprint density at radius 3 is 2.05 bits per heavy atom. The Bertz CT molecular complexity index is 724. The number of hydrogen-bond acceptors (Lipinski definition) is 5. The molecule has 0 saturated heterocycles. The molecule has 0 aromatic heterocycles. The van der Waals surface area contributed by atoms with Gasteiger partial charge in [0.2, 0.25) is 0 Å². The maximum atomic E-state index is 11.3. The van der Waals surface area contributed by atoms with Crippen LogP contribution in [0.5, 0.6) is 11.5 Å². The van der Waals surface area contributed by atoms with Crippen LogP contribution in [-0.2, 0) is 22.9 Å². The molecule has 0 fully saturated rings. The van der Waals surface area contributed by atoms with Gasteiger partial charge in [0.1, 0.15) is 0 Å². The predicted octanol–water partition coefficient (Wildman–Crippen LogP) is 1.79. The van der Waals surface area contributed by atoms with E-state index in [0.717, 1.165) is 11.1 Å². The second kappa shape index (κ2) is 6.15. The first-order chi connectivity index (χ1) is 9.86. The second-order valence-corrected chi connectivity index (χ2v) is 6.86. The highest BCUT2D eigenvalue weighted by atomic mass is 32.2. The number of rotatable bonds is 5. The van der Waals surface area contributed by atoms with Crippen LogP contribution < -0.4 is 5.32 Å². The molecular weight excluding hydrogens is 290 g/mol. The van der Waals surface area contributed by atoms with Crippen molar-refractivity contribution >= 4 is 9.84 Å². The lowest BCUT2D eigenvalue weighted by Gasteiger charge is -2.07. The summed E-state index contributed by atoms with van der Waals surface area (Å²) in [5.74, 6) is -0.290. The molecule has 0 heterocycles. The van der Waals surface area contributed by atoms with E-state index in [1.165, 1.54) is 18.4 Å². The molecule has 0 aliphatic rings. The normalized spacial score (nSPS) is 11.5. The molecule has 0 bridgehead atoms. The molecule has 2 rings (SSSR count). The molecule has 2 aromatic carbocycles. The van der Waals surface area contributed by atoms with Gasteiger partial charge in [0.15, 0.2) is 21.3 Å². The summed E-state index contributed by atoms with van der Waals surface area (Å²) in [6.45, 7) is 1.10. The van der Waals surface area contributed by atoms with E-state index in [1.807, 2.05) is 0 Å². The van der Waals surface area contributed by atoms with Gasteiger partial charge < -0.3 is 15.5 Å². The van der Waals surface area contributed by atoms with Gasteiger partial charge in [-0.3, -0.25) is 0 Å². The van der Waals surface area contributed by atoms with Gasteiger partial charge in [-0.2, -0.15) is 0 Å². The van der Waals surface area contributed by atoms with Gasteiger partial charge in [0, 0.05) is 19.3 Å². The average molecular weight is 307 g/mol. The number of hydrogen-bond donors (Lipinski definition) is 3. The Morgan fingerprint density at radius 2 is 1.48 bits per heavy atom. The SMILES string of the molecule is CS(=O)(=O)c1ccc(CNCc2ccc(O)c(O)c2)cc1. The molecule has 3 N–H and O–H groups in total. The molecule has 0 aliphatic carbocycles. The summed E-state index contributed by atoms with van der Waals surface area (Å²) in [6, 6.07) is 11.3. The van der Waals surface area contributed by atoms with E-state index < -0.39 is 9.84 Å². The van der Waals surface area contributed by atoms with E-state index in [2.05, 4.69) is 5.32 Å². The molecule has 21 heavy (non-hydrogen) atoms. The van der Waals surface area contributed by atoms with Gasteiger partial charge in [0.05, 0.1) is 4.90 Å². The third kappa shape index (κ3) is 4.21. The van der Waals surface area contributed by atoms with Crippen molar-refractivity contribution in [1.29, 1.82) is 0 Å². The molecule has 0 spiro atoms. The zero-order chi connectivity index (χ0) is 15.5. The summed E-state index contributed by atoms with van der Waals surface area (Å²) in [5, 5.41) is 21.8. The van der Waals surface area contributed by atoms with Crippen LogP contribution in [0.1, 0.15) is 11.1 Å². The molecule has 0 atom stereocenters. The van der Waals surface area contributed by atoms with Crippen LogP contribution >= 0.6 is 0 Å². The molecule has 112 valence electrons. The van der Waals surface area contributed by atoms with Crippen molar-refractivity contribution in [3.63, 3.8) is 0 Å². The lowest BCUT2D eigenvalue weighted by Crippen LogP contribution is -2.12. The summed E-state index contributed by atoms with van der Waals surface area (Å²) in [7, 11) is -3.16. The van der Waals surface area contributed by atoms with Crippen LogP contribution in [0.4, 0.5) is 0 Å². The first kappa shape index (κ1) is 15.3. The molecular formula is C15H17NO4S. The lowest BCUT2D eigenvalue weighted by molar-refractivity contribution is 0.403. The molecule has 0 saturated carbocycles. The van der Waals surface area contributed by atoms with Gasteiger partial charge >= 0.3 is 0 Å². The number of phenolic OH excluding ortho intramolecular Hbond substituents is 2. The molecule has 0 unspecified atom stereocenters. The first-order valence-corrected chi connectivity index (χ1v) is 8.26. The van der Waals surface area contributed by atoms with E-state index in [-0.39, 0.29) is 11.5 Å². The quantitative estimate of drug-likeness (QED) is 0.733. The fraction of sp³-hybridized carbons (Fsp3) is 0.200. The fourth-order valence-electron chi connectivity index (χ4n) is 1.88. The van der Waals surface area contributed by atoms with Crippen molar-refractivity contribution in [2.45, 2.75) is 18.0 Å². The number of aromatic hydroxyl groups is 2. The smallest absolute Gasteiger partial charge is 0.175 e. The van der Waals surface area contributed by atoms with Crippen molar-refractivity contribution < 1.29 is 18.6 Å². The highest BCUT2D eigenvalue weighted by Crippen LogP contribution is 2.24. The van der Waals surface area contributed by atoms with Crippen LogP contribution in [0.3, 0.4) is 0 Å². The topological polar surface area (TPSA) is 86.6 Å². The third-order valence-electron chi connectivity index (χ3n) is 3.05. The second-order valence-electron chi connectivity index (χ2n) is 4.84. The van der Waals surface area contributed by atoms with Gasteiger partial charge in [-0.15, -0.1) is 0 Å². The summed E-state index contributed by atoms with van der Waals surface area (Å²) < 4.78 is 22.7. The Morgan fingerprint density at radius 1 is 0.905 bits per heavy atom. The zero-order valence-electron chi connectivity index (χ0n) is 11.6. The minimum absolute atomic E-state index is 0.143. The first-order valence-electron chi connectivity index (χ1n) is 6.37. The minimum atomic E-state index is -3.16. The lowest BCUT2D eigenvalue weighted by atomic mass is 10.2. The van der Waals surface area contributed by atoms with Gasteiger partial charge in [-0.05, 0) is 35.4 Å². The maximum absolute atomic E-state index is 11.3. The molecule has 0 amide bonds. The van der Waals surface area contributed by atoms with Gasteiger partial charge in [0.25, 0.3) is 0 Å². The Hall–Kier alpha value is -2.05. The molecule has 5 nitrogen and oxygen atoms in total. The molecule has 0 aliphatic heterocycles. The van der Waals surface area contributed by atoms with Crippen molar-refractivity contribution in [1.82, 2.24) is 5.32 Å². The van der Waals surface area contributed by atoms with Crippen LogP contribution in [0.2, 0.25) is 0 Å². The maximum Gasteiger partial charge on any atom is 0.175 e. The molecule has 6 heteroatoms. The van der Waals surface area contributed by atoms with Crippen LogP contribution in [0, 0.1) is 0 Å². The minimum Gasteiger partial charge on any atom is -0.504 e. The van der Waals surface area contributed by atoms with Crippen molar-refractivity contribution in [2.75, 3.05) is 6.26 Å². The van der Waals surface area contributed by atoms with Crippen LogP contribution in [0.25, 0.3) is 0 Å². The Kier molecular flexibility index (Phi) is 4.50. The predicted molar refractivity (Wildman–Crippen MR) is 79.9 cm³/mol. The molecule has 2 aromatic rings. The summed E-state index contributed by atoms with van der Waals surface area (Å²) in [4.78, 5) is 0.301. The van der Waals surface area contributed by atoms with Crippen LogP contribution in [-0.4, -0.2) is 24.9 Å². The van der Waals surface area contributed by atoms with E-state index >= 15 is 0 Å².